The van der Waals surface area contributed by atoms with E-state index in [0.29, 0.717) is 4.77 Å². The summed E-state index contributed by atoms with van der Waals surface area (Å²) in [5.41, 5.74) is 2.13. The SMILES string of the molecule is S=c1[nH]c2ccccc2[nH]1.[Se]. The van der Waals surface area contributed by atoms with Crippen LogP contribution in [0.5, 0.6) is 0 Å². The third kappa shape index (κ3) is 1.53. The summed E-state index contributed by atoms with van der Waals surface area (Å²) < 4.78 is 0.682. The maximum atomic E-state index is 4.90. The van der Waals surface area contributed by atoms with Crippen LogP contribution in [0.15, 0.2) is 24.3 Å². The Morgan fingerprint density at radius 1 is 1.00 bits per heavy atom. The van der Waals surface area contributed by atoms with Crippen molar-refractivity contribution in [1.82, 2.24) is 9.97 Å². The van der Waals surface area contributed by atoms with Gasteiger partial charge in [-0.3, -0.25) is 0 Å². The smallest absolute Gasteiger partial charge is 0.175 e. The molecule has 0 saturated heterocycles. The second-order valence-electron chi connectivity index (χ2n) is 2.12. The molecule has 0 saturated carbocycles. The molecule has 4 heteroatoms. The number of H-pyrrole nitrogens is 2. The Hall–Kier alpha value is -0.571. The van der Waals surface area contributed by atoms with E-state index < -0.39 is 0 Å². The largest absolute Gasteiger partial charge is 0.331 e. The van der Waals surface area contributed by atoms with E-state index in [0.717, 1.165) is 11.0 Å². The van der Waals surface area contributed by atoms with Gasteiger partial charge in [-0.05, 0) is 24.4 Å². The predicted molar refractivity (Wildman–Crippen MR) is 49.2 cm³/mol. The Kier molecular flexibility index (Phi) is 2.49. The summed E-state index contributed by atoms with van der Waals surface area (Å²) in [7, 11) is 0. The van der Waals surface area contributed by atoms with E-state index in [4.69, 9.17) is 12.2 Å². The Morgan fingerprint density at radius 3 is 1.91 bits per heavy atom. The van der Waals surface area contributed by atoms with Crippen molar-refractivity contribution in [2.45, 2.75) is 0 Å². The molecule has 0 aliphatic carbocycles. The van der Waals surface area contributed by atoms with Gasteiger partial charge in [-0.15, -0.1) is 0 Å². The number of para-hydroxylation sites is 2. The molecule has 1 aromatic carbocycles. The molecule has 0 spiro atoms. The summed E-state index contributed by atoms with van der Waals surface area (Å²) in [4.78, 5) is 6.04. The zero-order valence-corrected chi connectivity index (χ0v) is 8.16. The summed E-state index contributed by atoms with van der Waals surface area (Å²) in [6.07, 6.45) is 0. The molecule has 2 aromatic rings. The molecule has 0 fully saturated rings. The van der Waals surface area contributed by atoms with Crippen LogP contribution in [0.25, 0.3) is 11.0 Å². The number of benzene rings is 1. The predicted octanol–water partition coefficient (Wildman–Crippen LogP) is 1.84. The molecule has 2 N–H and O–H groups in total. The van der Waals surface area contributed by atoms with Gasteiger partial charge >= 0.3 is 0 Å². The van der Waals surface area contributed by atoms with Crippen LogP contribution in [0.1, 0.15) is 0 Å². The summed E-state index contributed by atoms with van der Waals surface area (Å²) in [6.45, 7) is 0. The van der Waals surface area contributed by atoms with Gasteiger partial charge in [0.05, 0.1) is 11.0 Å². The van der Waals surface area contributed by atoms with Crippen LogP contribution in [0.4, 0.5) is 0 Å². The Bertz CT molecular complexity index is 368. The number of nitrogens with one attached hydrogen (secondary N) is 2. The third-order valence-corrected chi connectivity index (χ3v) is 1.63. The molecule has 1 heterocycles. The number of rotatable bonds is 0. The third-order valence-electron chi connectivity index (χ3n) is 1.42. The van der Waals surface area contributed by atoms with Crippen molar-refractivity contribution in [1.29, 1.82) is 0 Å². The Labute approximate surface area is 79.5 Å². The second-order valence-corrected chi connectivity index (χ2v) is 2.53. The summed E-state index contributed by atoms with van der Waals surface area (Å²) in [5.74, 6) is 0. The van der Waals surface area contributed by atoms with E-state index in [1.54, 1.807) is 0 Å². The average Bonchev–Trinajstić information content (AvgIpc) is 2.27. The van der Waals surface area contributed by atoms with Crippen LogP contribution in [0.3, 0.4) is 0 Å². The molecule has 56 valence electrons. The molecule has 2 rings (SSSR count). The van der Waals surface area contributed by atoms with Crippen molar-refractivity contribution in [2.75, 3.05) is 0 Å². The first-order chi connectivity index (χ1) is 4.86. The van der Waals surface area contributed by atoms with Gasteiger partial charge in [-0.25, -0.2) is 0 Å². The van der Waals surface area contributed by atoms with E-state index in [1.807, 2.05) is 24.3 Å². The first-order valence-electron chi connectivity index (χ1n) is 3.03. The van der Waals surface area contributed by atoms with E-state index in [9.17, 15) is 0 Å². The maximum Gasteiger partial charge on any atom is 0.175 e. The van der Waals surface area contributed by atoms with Crippen LogP contribution in [0.2, 0.25) is 0 Å². The molecule has 1 aromatic heterocycles. The van der Waals surface area contributed by atoms with Crippen molar-refractivity contribution < 1.29 is 0 Å². The quantitative estimate of drug-likeness (QED) is 0.524. The molecule has 0 atom stereocenters. The van der Waals surface area contributed by atoms with Gasteiger partial charge in [0.15, 0.2) is 4.77 Å². The molecule has 11 heavy (non-hydrogen) atoms. The normalized spacial score (nSPS) is 9.45. The van der Waals surface area contributed by atoms with E-state index in [-0.39, 0.29) is 17.1 Å². The number of aromatic amines is 2. The van der Waals surface area contributed by atoms with Crippen LogP contribution in [0, 0.1) is 4.77 Å². The van der Waals surface area contributed by atoms with E-state index in [1.165, 1.54) is 0 Å². The zero-order chi connectivity index (χ0) is 6.97. The number of imidazole rings is 1. The fourth-order valence-corrected chi connectivity index (χ4v) is 1.20. The topological polar surface area (TPSA) is 31.6 Å². The number of fused-ring (bicyclic) bond motifs is 1. The molecule has 0 amide bonds. The standard InChI is InChI=1S/C7H6N2S.Se/c10-7-8-5-3-1-2-4-6(5)9-7;/h1-4H,(H2,8,9,10);. The van der Waals surface area contributed by atoms with Gasteiger partial charge in [-0.1, -0.05) is 12.1 Å². The minimum Gasteiger partial charge on any atom is -0.331 e. The summed E-state index contributed by atoms with van der Waals surface area (Å²) in [5, 5.41) is 0. The van der Waals surface area contributed by atoms with Gasteiger partial charge in [0.1, 0.15) is 0 Å². The minimum atomic E-state index is 0. The fraction of sp³-hybridized carbons (Fsp3) is 0. The van der Waals surface area contributed by atoms with Crippen LogP contribution in [-0.4, -0.2) is 27.0 Å². The number of aromatic nitrogens is 2. The van der Waals surface area contributed by atoms with Crippen molar-refractivity contribution in [2.24, 2.45) is 0 Å². The molecule has 0 unspecified atom stereocenters. The summed E-state index contributed by atoms with van der Waals surface area (Å²) in [6, 6.07) is 7.92. The van der Waals surface area contributed by atoms with E-state index in [2.05, 4.69) is 9.97 Å². The van der Waals surface area contributed by atoms with Gasteiger partial charge in [0, 0.05) is 17.1 Å². The van der Waals surface area contributed by atoms with Crippen LogP contribution < -0.4 is 0 Å². The van der Waals surface area contributed by atoms with Crippen molar-refractivity contribution in [3.05, 3.63) is 29.0 Å². The first-order valence-corrected chi connectivity index (χ1v) is 3.44. The van der Waals surface area contributed by atoms with Crippen LogP contribution in [-0.2, 0) is 0 Å². The van der Waals surface area contributed by atoms with Crippen LogP contribution >= 0.6 is 12.2 Å². The van der Waals surface area contributed by atoms with Gasteiger partial charge in [-0.2, -0.15) is 0 Å². The molecule has 2 nitrogen and oxygen atoms in total. The molecular weight excluding hydrogens is 223 g/mol. The monoisotopic (exact) mass is 230 g/mol. The van der Waals surface area contributed by atoms with Crippen molar-refractivity contribution in [3.63, 3.8) is 0 Å². The average molecular weight is 229 g/mol. The molecule has 0 bridgehead atoms. The van der Waals surface area contributed by atoms with E-state index >= 15 is 0 Å². The zero-order valence-electron chi connectivity index (χ0n) is 5.63. The van der Waals surface area contributed by atoms with Gasteiger partial charge in [0.25, 0.3) is 0 Å². The molecular formula is C7H6N2SSe. The maximum absolute atomic E-state index is 4.90. The molecule has 0 aliphatic rings. The van der Waals surface area contributed by atoms with Gasteiger partial charge in [0.2, 0.25) is 0 Å². The first kappa shape index (κ1) is 8.53. The summed E-state index contributed by atoms with van der Waals surface area (Å²) >= 11 is 4.90. The molecule has 0 aliphatic heterocycles. The van der Waals surface area contributed by atoms with Crippen molar-refractivity contribution in [3.8, 4) is 0 Å². The Balaban J connectivity index is 0.000000605. The van der Waals surface area contributed by atoms with Crippen molar-refractivity contribution >= 4 is 40.3 Å². The van der Waals surface area contributed by atoms with Gasteiger partial charge < -0.3 is 9.97 Å². The number of hydrogen-bond donors (Lipinski definition) is 2. The minimum absolute atomic E-state index is 0. The fourth-order valence-electron chi connectivity index (χ4n) is 0.977. The Morgan fingerprint density at radius 2 is 1.45 bits per heavy atom. The molecule has 2 radical (unpaired) electrons. The second kappa shape index (κ2) is 3.22. The number of hydrogen-bond acceptors (Lipinski definition) is 1.